The van der Waals surface area contributed by atoms with Crippen LogP contribution in [0.2, 0.25) is 0 Å². The van der Waals surface area contributed by atoms with Gasteiger partial charge in [-0.25, -0.2) is 4.39 Å². The lowest BCUT2D eigenvalue weighted by atomic mass is 10.1. The summed E-state index contributed by atoms with van der Waals surface area (Å²) < 4.78 is 18.8. The zero-order chi connectivity index (χ0) is 17.1. The summed E-state index contributed by atoms with van der Waals surface area (Å²) in [7, 11) is 1.83. The number of aromatic nitrogens is 2. The quantitative estimate of drug-likeness (QED) is 0.877. The van der Waals surface area contributed by atoms with Crippen LogP contribution < -0.4 is 5.32 Å². The highest BCUT2D eigenvalue weighted by Gasteiger charge is 2.23. The third-order valence-corrected chi connectivity index (χ3v) is 4.43. The Hall–Kier alpha value is -1.99. The van der Waals surface area contributed by atoms with Crippen molar-refractivity contribution in [2.45, 2.75) is 32.2 Å². The molecule has 1 aliphatic rings. The van der Waals surface area contributed by atoms with E-state index < -0.39 is 0 Å². The van der Waals surface area contributed by atoms with Gasteiger partial charge in [0, 0.05) is 38.0 Å². The summed E-state index contributed by atoms with van der Waals surface area (Å²) in [4.78, 5) is 18.3. The zero-order valence-electron chi connectivity index (χ0n) is 14.3. The molecule has 1 aromatic carbocycles. The van der Waals surface area contributed by atoms with Gasteiger partial charge in [-0.1, -0.05) is 17.3 Å². The number of hydrogen-bond acceptors (Lipinski definition) is 5. The van der Waals surface area contributed by atoms with E-state index in [1.54, 1.807) is 24.0 Å². The number of aryl methyl sites for hydroxylation is 2. The fourth-order valence-electron chi connectivity index (χ4n) is 2.77. The van der Waals surface area contributed by atoms with Crippen molar-refractivity contribution in [3.8, 4) is 11.4 Å². The fraction of sp³-hybridized carbons (Fsp3) is 0.471. The molecule has 1 aromatic heterocycles. The molecule has 1 aliphatic heterocycles. The summed E-state index contributed by atoms with van der Waals surface area (Å²) >= 11 is 0. The largest absolute Gasteiger partial charge is 0.341 e. The maximum Gasteiger partial charge on any atom is 0.227 e. The van der Waals surface area contributed by atoms with Crippen LogP contribution in [0.1, 0.15) is 24.3 Å². The average Bonchev–Trinajstić information content (AvgIpc) is 3.26. The van der Waals surface area contributed by atoms with Gasteiger partial charge in [0.25, 0.3) is 0 Å². The molecule has 0 bridgehead atoms. The van der Waals surface area contributed by atoms with Gasteiger partial charge in [-0.15, -0.1) is 12.4 Å². The third-order valence-electron chi connectivity index (χ3n) is 4.43. The summed E-state index contributed by atoms with van der Waals surface area (Å²) in [6.07, 6.45) is 1.67. The number of nitrogens with one attached hydrogen (secondary N) is 1. The van der Waals surface area contributed by atoms with Crippen molar-refractivity contribution in [2.75, 3.05) is 20.1 Å². The molecule has 1 amide bonds. The minimum Gasteiger partial charge on any atom is -0.341 e. The first-order valence-electron chi connectivity index (χ1n) is 8.10. The van der Waals surface area contributed by atoms with Gasteiger partial charge in [-0.2, -0.15) is 4.98 Å². The smallest absolute Gasteiger partial charge is 0.227 e. The average molecular weight is 369 g/mol. The monoisotopic (exact) mass is 368 g/mol. The molecule has 136 valence electrons. The Balaban J connectivity index is 0.00000225. The number of halogens is 2. The normalized spacial score (nSPS) is 16.5. The molecule has 6 nitrogen and oxygen atoms in total. The second-order valence-corrected chi connectivity index (χ2v) is 6.13. The van der Waals surface area contributed by atoms with Crippen LogP contribution in [0.15, 0.2) is 22.7 Å². The van der Waals surface area contributed by atoms with E-state index in [2.05, 4.69) is 15.5 Å². The van der Waals surface area contributed by atoms with Crippen molar-refractivity contribution in [3.05, 3.63) is 35.5 Å². The Morgan fingerprint density at radius 1 is 1.48 bits per heavy atom. The summed E-state index contributed by atoms with van der Waals surface area (Å²) in [6, 6.07) is 5.07. The molecule has 1 unspecified atom stereocenters. The molecule has 8 heteroatoms. The number of carbonyl (C=O) groups is 1. The van der Waals surface area contributed by atoms with Crippen LogP contribution in [0.4, 0.5) is 4.39 Å². The second kappa shape index (κ2) is 8.40. The minimum absolute atomic E-state index is 0. The van der Waals surface area contributed by atoms with E-state index in [1.807, 2.05) is 7.05 Å². The van der Waals surface area contributed by atoms with Crippen LogP contribution in [0, 0.1) is 12.7 Å². The summed E-state index contributed by atoms with van der Waals surface area (Å²) in [5.74, 6) is 0.479. The van der Waals surface area contributed by atoms with Crippen LogP contribution in [-0.4, -0.2) is 47.1 Å². The lowest BCUT2D eigenvalue weighted by Crippen LogP contribution is -2.38. The Labute approximate surface area is 152 Å². The summed E-state index contributed by atoms with van der Waals surface area (Å²) in [5.41, 5.74) is 1.13. The maximum absolute atomic E-state index is 13.6. The zero-order valence-corrected chi connectivity index (χ0v) is 15.1. The van der Waals surface area contributed by atoms with E-state index in [9.17, 15) is 9.18 Å². The molecular formula is C17H22ClFN4O2. The molecular weight excluding hydrogens is 347 g/mol. The van der Waals surface area contributed by atoms with Crippen LogP contribution >= 0.6 is 12.4 Å². The number of hydrogen-bond donors (Lipinski definition) is 1. The number of nitrogens with zero attached hydrogens (tertiary/aromatic N) is 3. The van der Waals surface area contributed by atoms with E-state index in [1.165, 1.54) is 6.07 Å². The van der Waals surface area contributed by atoms with E-state index >= 15 is 0 Å². The second-order valence-electron chi connectivity index (χ2n) is 6.13. The third kappa shape index (κ3) is 4.55. The van der Waals surface area contributed by atoms with Gasteiger partial charge >= 0.3 is 0 Å². The van der Waals surface area contributed by atoms with Gasteiger partial charge < -0.3 is 14.7 Å². The fourth-order valence-corrected chi connectivity index (χ4v) is 2.77. The summed E-state index contributed by atoms with van der Waals surface area (Å²) in [5, 5.41) is 7.12. The molecule has 0 aliphatic carbocycles. The molecule has 2 heterocycles. The maximum atomic E-state index is 13.6. The number of carbonyl (C=O) groups excluding carboxylic acids is 1. The van der Waals surface area contributed by atoms with Crippen molar-refractivity contribution in [3.63, 3.8) is 0 Å². The highest BCUT2D eigenvalue weighted by atomic mass is 35.5. The Morgan fingerprint density at radius 2 is 2.28 bits per heavy atom. The minimum atomic E-state index is -0.305. The topological polar surface area (TPSA) is 71.3 Å². The molecule has 0 saturated carbocycles. The van der Waals surface area contributed by atoms with Gasteiger partial charge in [0.15, 0.2) is 0 Å². The Kier molecular flexibility index (Phi) is 6.50. The van der Waals surface area contributed by atoms with Gasteiger partial charge in [-0.3, -0.25) is 4.79 Å². The van der Waals surface area contributed by atoms with Crippen LogP contribution in [-0.2, 0) is 11.2 Å². The van der Waals surface area contributed by atoms with Crippen molar-refractivity contribution in [1.29, 1.82) is 0 Å². The van der Waals surface area contributed by atoms with E-state index in [4.69, 9.17) is 4.52 Å². The molecule has 3 rings (SSSR count). The van der Waals surface area contributed by atoms with Gasteiger partial charge in [-0.05, 0) is 31.5 Å². The highest BCUT2D eigenvalue weighted by molar-refractivity contribution is 5.85. The molecule has 25 heavy (non-hydrogen) atoms. The Bertz CT molecular complexity index is 731. The van der Waals surface area contributed by atoms with Crippen molar-refractivity contribution >= 4 is 18.3 Å². The van der Waals surface area contributed by atoms with Gasteiger partial charge in [0.05, 0.1) is 0 Å². The lowest BCUT2D eigenvalue weighted by molar-refractivity contribution is -0.131. The first-order chi connectivity index (χ1) is 11.5. The molecule has 0 spiro atoms. The SMILES string of the molecule is Cc1ccc(-c2noc(CCC(=O)N(C)C3CCNC3)n2)cc1F.Cl. The molecule has 1 fully saturated rings. The summed E-state index contributed by atoms with van der Waals surface area (Å²) in [6.45, 7) is 3.48. The standard InChI is InChI=1S/C17H21FN4O2.ClH/c1-11-3-4-12(9-14(11)18)17-20-15(24-21-17)5-6-16(23)22(2)13-7-8-19-10-13;/h3-4,9,13,19H,5-8,10H2,1-2H3;1H. The van der Waals surface area contributed by atoms with E-state index in [0.717, 1.165) is 19.5 Å². The van der Waals surface area contributed by atoms with Crippen LogP contribution in [0.3, 0.4) is 0 Å². The number of amides is 1. The molecule has 1 N–H and O–H groups in total. The molecule has 1 atom stereocenters. The van der Waals surface area contributed by atoms with E-state index in [-0.39, 0.29) is 30.2 Å². The lowest BCUT2D eigenvalue weighted by Gasteiger charge is -2.23. The molecule has 2 aromatic rings. The number of benzene rings is 1. The van der Waals surface area contributed by atoms with Crippen LogP contribution in [0.5, 0.6) is 0 Å². The number of likely N-dealkylation sites (N-methyl/N-ethyl adjacent to an activating group) is 1. The van der Waals surface area contributed by atoms with Crippen molar-refractivity contribution in [2.24, 2.45) is 0 Å². The van der Waals surface area contributed by atoms with Crippen molar-refractivity contribution < 1.29 is 13.7 Å². The first-order valence-corrected chi connectivity index (χ1v) is 8.10. The molecule has 1 saturated heterocycles. The highest BCUT2D eigenvalue weighted by Crippen LogP contribution is 2.19. The van der Waals surface area contributed by atoms with Gasteiger partial charge in [0.1, 0.15) is 5.82 Å². The van der Waals surface area contributed by atoms with Gasteiger partial charge in [0.2, 0.25) is 17.6 Å². The predicted molar refractivity (Wildman–Crippen MR) is 94.0 cm³/mol. The van der Waals surface area contributed by atoms with E-state index in [0.29, 0.717) is 35.7 Å². The number of rotatable bonds is 5. The Morgan fingerprint density at radius 3 is 2.96 bits per heavy atom. The first kappa shape index (κ1) is 19.3. The van der Waals surface area contributed by atoms with Crippen LogP contribution in [0.25, 0.3) is 11.4 Å². The predicted octanol–water partition coefficient (Wildman–Crippen LogP) is 2.36. The van der Waals surface area contributed by atoms with Crippen molar-refractivity contribution in [1.82, 2.24) is 20.4 Å². The molecule has 0 radical (unpaired) electrons.